The van der Waals surface area contributed by atoms with Crippen LogP contribution in [0.25, 0.3) is 11.0 Å². The van der Waals surface area contributed by atoms with Gasteiger partial charge >= 0.3 is 0 Å². The number of alkyl halides is 1. The number of rotatable bonds is 2. The van der Waals surface area contributed by atoms with E-state index in [2.05, 4.69) is 31.2 Å². The van der Waals surface area contributed by atoms with E-state index >= 15 is 0 Å². The molecule has 1 amide bonds. The van der Waals surface area contributed by atoms with Crippen LogP contribution in [0.1, 0.15) is 12.5 Å². The molecule has 0 aliphatic rings. The Balaban J connectivity index is 2.46. The second kappa shape index (κ2) is 4.57. The molecule has 0 atom stereocenters. The van der Waals surface area contributed by atoms with Crippen LogP contribution in [0, 0.1) is 0 Å². The molecule has 0 fully saturated rings. The van der Waals surface area contributed by atoms with E-state index in [-0.39, 0.29) is 5.91 Å². The van der Waals surface area contributed by atoms with Crippen molar-refractivity contribution in [2.45, 2.75) is 12.3 Å². The van der Waals surface area contributed by atoms with Crippen molar-refractivity contribution < 1.29 is 4.79 Å². The molecule has 2 aromatic rings. The Kier molecular flexibility index (Phi) is 3.14. The minimum absolute atomic E-state index is 0.128. The van der Waals surface area contributed by atoms with Crippen molar-refractivity contribution in [3.63, 3.8) is 0 Å². The molecule has 4 nitrogen and oxygen atoms in total. The number of hydrogen-bond acceptors (Lipinski definition) is 3. The van der Waals surface area contributed by atoms with Gasteiger partial charge in [-0.05, 0) is 23.8 Å². The molecule has 5 heteroatoms. The summed E-state index contributed by atoms with van der Waals surface area (Å²) in [5.41, 5.74) is 2.65. The molecule has 2 aromatic heterocycles. The molecule has 2 rings (SSSR count). The molecular formula is C11H10BrN3O. The average Bonchev–Trinajstić information content (AvgIpc) is 2.27. The van der Waals surface area contributed by atoms with Gasteiger partial charge in [-0.2, -0.15) is 0 Å². The lowest BCUT2D eigenvalue weighted by atomic mass is 10.2. The summed E-state index contributed by atoms with van der Waals surface area (Å²) in [7, 11) is 0. The number of hydrogen-bond donors (Lipinski definition) is 1. The number of carbonyl (C=O) groups is 1. The van der Waals surface area contributed by atoms with Crippen LogP contribution >= 0.6 is 15.9 Å². The van der Waals surface area contributed by atoms with Crippen LogP contribution in [-0.2, 0) is 10.1 Å². The third-order valence-electron chi connectivity index (χ3n) is 2.05. The predicted molar refractivity (Wildman–Crippen MR) is 66.5 cm³/mol. The highest BCUT2D eigenvalue weighted by Crippen LogP contribution is 2.15. The molecule has 2 heterocycles. The van der Waals surface area contributed by atoms with Crippen LogP contribution < -0.4 is 5.32 Å². The molecule has 0 saturated carbocycles. The second-order valence-electron chi connectivity index (χ2n) is 3.39. The Morgan fingerprint density at radius 2 is 2.25 bits per heavy atom. The SMILES string of the molecule is CC(=O)Nc1ccc2ncc(CBr)cc2n1. The van der Waals surface area contributed by atoms with Crippen molar-refractivity contribution in [2.24, 2.45) is 0 Å². The van der Waals surface area contributed by atoms with E-state index in [1.807, 2.05) is 12.1 Å². The van der Waals surface area contributed by atoms with Gasteiger partial charge in [0, 0.05) is 18.5 Å². The quantitative estimate of drug-likeness (QED) is 0.860. The van der Waals surface area contributed by atoms with Crippen LogP contribution in [0.4, 0.5) is 5.82 Å². The molecule has 0 aromatic carbocycles. The third-order valence-corrected chi connectivity index (χ3v) is 2.70. The second-order valence-corrected chi connectivity index (χ2v) is 3.95. The Morgan fingerprint density at radius 1 is 1.44 bits per heavy atom. The smallest absolute Gasteiger partial charge is 0.222 e. The molecule has 0 radical (unpaired) electrons. The first kappa shape index (κ1) is 11.0. The molecule has 0 unspecified atom stereocenters. The maximum atomic E-state index is 10.9. The summed E-state index contributed by atoms with van der Waals surface area (Å²) in [5, 5.41) is 3.38. The van der Waals surface area contributed by atoms with E-state index in [4.69, 9.17) is 0 Å². The summed E-state index contributed by atoms with van der Waals surface area (Å²) < 4.78 is 0. The van der Waals surface area contributed by atoms with E-state index in [9.17, 15) is 4.79 Å². The van der Waals surface area contributed by atoms with E-state index in [1.54, 1.807) is 12.3 Å². The molecule has 0 saturated heterocycles. The van der Waals surface area contributed by atoms with E-state index in [1.165, 1.54) is 6.92 Å². The van der Waals surface area contributed by atoms with Gasteiger partial charge in [-0.15, -0.1) is 0 Å². The Morgan fingerprint density at radius 3 is 2.94 bits per heavy atom. The van der Waals surface area contributed by atoms with E-state index < -0.39 is 0 Å². The van der Waals surface area contributed by atoms with Crippen LogP contribution in [-0.4, -0.2) is 15.9 Å². The van der Waals surface area contributed by atoms with Crippen molar-refractivity contribution in [2.75, 3.05) is 5.32 Å². The van der Waals surface area contributed by atoms with Gasteiger partial charge in [0.2, 0.25) is 5.91 Å². The first-order valence-corrected chi connectivity index (χ1v) is 5.90. The lowest BCUT2D eigenvalue weighted by Gasteiger charge is -2.03. The van der Waals surface area contributed by atoms with Crippen LogP contribution in [0.3, 0.4) is 0 Å². The minimum atomic E-state index is -0.128. The van der Waals surface area contributed by atoms with Gasteiger partial charge in [0.1, 0.15) is 5.82 Å². The Bertz CT molecular complexity index is 542. The van der Waals surface area contributed by atoms with Gasteiger partial charge in [0.05, 0.1) is 11.0 Å². The fourth-order valence-corrected chi connectivity index (χ4v) is 1.68. The highest BCUT2D eigenvalue weighted by Gasteiger charge is 2.01. The van der Waals surface area contributed by atoms with Gasteiger partial charge in [-0.1, -0.05) is 15.9 Å². The first-order valence-electron chi connectivity index (χ1n) is 4.78. The lowest BCUT2D eigenvalue weighted by molar-refractivity contribution is -0.114. The van der Waals surface area contributed by atoms with Gasteiger partial charge in [-0.3, -0.25) is 9.78 Å². The number of anilines is 1. The van der Waals surface area contributed by atoms with Crippen molar-refractivity contribution in [3.05, 3.63) is 30.0 Å². The van der Waals surface area contributed by atoms with Crippen molar-refractivity contribution in [1.29, 1.82) is 0 Å². The monoisotopic (exact) mass is 279 g/mol. The zero-order chi connectivity index (χ0) is 11.5. The first-order chi connectivity index (χ1) is 7.69. The van der Waals surface area contributed by atoms with Gasteiger partial charge < -0.3 is 5.32 Å². The van der Waals surface area contributed by atoms with Gasteiger partial charge in [0.15, 0.2) is 0 Å². The largest absolute Gasteiger partial charge is 0.311 e. The lowest BCUT2D eigenvalue weighted by Crippen LogP contribution is -2.07. The normalized spacial score (nSPS) is 10.4. The topological polar surface area (TPSA) is 54.9 Å². The highest BCUT2D eigenvalue weighted by atomic mass is 79.9. The maximum absolute atomic E-state index is 10.9. The van der Waals surface area contributed by atoms with Crippen molar-refractivity contribution in [1.82, 2.24) is 9.97 Å². The molecule has 0 bridgehead atoms. The molecular weight excluding hydrogens is 270 g/mol. The maximum Gasteiger partial charge on any atom is 0.222 e. The molecule has 16 heavy (non-hydrogen) atoms. The minimum Gasteiger partial charge on any atom is -0.311 e. The van der Waals surface area contributed by atoms with Crippen LogP contribution in [0.15, 0.2) is 24.4 Å². The molecule has 0 aliphatic heterocycles. The molecule has 0 spiro atoms. The molecule has 0 aliphatic carbocycles. The summed E-state index contributed by atoms with van der Waals surface area (Å²) in [6.07, 6.45) is 1.80. The standard InChI is InChI=1S/C11H10BrN3O/c1-7(16)14-11-3-2-9-10(15-11)4-8(5-12)6-13-9/h2-4,6H,5H2,1H3,(H,14,15,16). The fourth-order valence-electron chi connectivity index (χ4n) is 1.37. The predicted octanol–water partition coefficient (Wildman–Crippen LogP) is 2.48. The number of amides is 1. The molecule has 1 N–H and O–H groups in total. The van der Waals surface area contributed by atoms with Crippen LogP contribution in [0.5, 0.6) is 0 Å². The molecule has 82 valence electrons. The number of nitrogens with one attached hydrogen (secondary N) is 1. The summed E-state index contributed by atoms with van der Waals surface area (Å²) in [6.45, 7) is 1.46. The average molecular weight is 280 g/mol. The van der Waals surface area contributed by atoms with E-state index in [0.29, 0.717) is 5.82 Å². The fraction of sp³-hybridized carbons (Fsp3) is 0.182. The zero-order valence-corrected chi connectivity index (χ0v) is 10.3. The number of aromatic nitrogens is 2. The van der Waals surface area contributed by atoms with E-state index in [0.717, 1.165) is 21.9 Å². The summed E-state index contributed by atoms with van der Waals surface area (Å²) in [5.74, 6) is 0.421. The van der Waals surface area contributed by atoms with Crippen molar-refractivity contribution >= 4 is 38.7 Å². The number of pyridine rings is 2. The highest BCUT2D eigenvalue weighted by molar-refractivity contribution is 9.08. The summed E-state index contributed by atoms with van der Waals surface area (Å²) in [6, 6.07) is 5.53. The number of halogens is 1. The van der Waals surface area contributed by atoms with Gasteiger partial charge in [-0.25, -0.2) is 4.98 Å². The Hall–Kier alpha value is -1.49. The van der Waals surface area contributed by atoms with Crippen LogP contribution in [0.2, 0.25) is 0 Å². The summed E-state index contributed by atoms with van der Waals surface area (Å²) >= 11 is 3.36. The van der Waals surface area contributed by atoms with Crippen molar-refractivity contribution in [3.8, 4) is 0 Å². The Labute approximate surface area is 101 Å². The zero-order valence-electron chi connectivity index (χ0n) is 8.70. The number of nitrogens with zero attached hydrogens (tertiary/aromatic N) is 2. The third kappa shape index (κ3) is 2.36. The summed E-state index contributed by atoms with van der Waals surface area (Å²) in [4.78, 5) is 19.5. The number of fused-ring (bicyclic) bond motifs is 1. The number of carbonyl (C=O) groups excluding carboxylic acids is 1. The van der Waals surface area contributed by atoms with Gasteiger partial charge in [0.25, 0.3) is 0 Å².